The molecule has 0 fully saturated rings. The predicted molar refractivity (Wildman–Crippen MR) is 124 cm³/mol. The maximum atomic E-state index is 13.4. The Balaban J connectivity index is 1.53. The average molecular weight is 469 g/mol. The summed E-state index contributed by atoms with van der Waals surface area (Å²) < 4.78 is 24.1. The smallest absolute Gasteiger partial charge is 0.254 e. The topological polar surface area (TPSA) is 59.1 Å². The number of rotatable bonds is 8. The zero-order chi connectivity index (χ0) is 23.4. The lowest BCUT2D eigenvalue weighted by Crippen LogP contribution is -2.45. The Morgan fingerprint density at radius 1 is 1.03 bits per heavy atom. The lowest BCUT2D eigenvalue weighted by atomic mass is 10.1. The second-order valence-electron chi connectivity index (χ2n) is 8.05. The fourth-order valence-corrected chi connectivity index (χ4v) is 4.28. The van der Waals surface area contributed by atoms with Gasteiger partial charge >= 0.3 is 0 Å². The van der Waals surface area contributed by atoms with Gasteiger partial charge in [0, 0.05) is 23.0 Å². The van der Waals surface area contributed by atoms with Crippen molar-refractivity contribution in [2.45, 2.75) is 33.0 Å². The number of benzene rings is 2. The van der Waals surface area contributed by atoms with Crippen molar-refractivity contribution in [2.24, 2.45) is 0 Å². The van der Waals surface area contributed by atoms with Crippen LogP contribution in [0.1, 0.15) is 34.6 Å². The van der Waals surface area contributed by atoms with Gasteiger partial charge in [-0.05, 0) is 61.2 Å². The van der Waals surface area contributed by atoms with E-state index in [0.717, 1.165) is 10.4 Å². The SMILES string of the molecule is CC(C)N(CC(=O)N(Cc1ccc(F)cc1)Cc1cccs1)C(=O)c1ccc2c(c1)OCO2. The van der Waals surface area contributed by atoms with Crippen molar-refractivity contribution in [3.05, 3.63) is 81.8 Å². The highest BCUT2D eigenvalue weighted by molar-refractivity contribution is 7.09. The Labute approximate surface area is 196 Å². The summed E-state index contributed by atoms with van der Waals surface area (Å²) in [6.45, 7) is 4.54. The molecule has 0 bridgehead atoms. The summed E-state index contributed by atoms with van der Waals surface area (Å²) in [4.78, 5) is 30.9. The highest BCUT2D eigenvalue weighted by atomic mass is 32.1. The molecule has 0 aliphatic carbocycles. The standard InChI is InChI=1S/C25H25FN2O4S/c1-17(2)28(25(30)19-7-10-22-23(12-19)32-16-31-22)15-24(29)27(14-21-4-3-11-33-21)13-18-5-8-20(26)9-6-18/h3-12,17H,13-16H2,1-2H3. The van der Waals surface area contributed by atoms with Crippen LogP contribution in [-0.2, 0) is 17.9 Å². The van der Waals surface area contributed by atoms with Gasteiger partial charge < -0.3 is 19.3 Å². The minimum Gasteiger partial charge on any atom is -0.454 e. The molecule has 3 aromatic rings. The highest BCUT2D eigenvalue weighted by Gasteiger charge is 2.26. The zero-order valence-corrected chi connectivity index (χ0v) is 19.3. The van der Waals surface area contributed by atoms with E-state index in [0.29, 0.717) is 30.2 Å². The number of halogens is 1. The van der Waals surface area contributed by atoms with Crippen LogP contribution in [0, 0.1) is 5.82 Å². The van der Waals surface area contributed by atoms with Crippen molar-refractivity contribution in [3.63, 3.8) is 0 Å². The number of amides is 2. The van der Waals surface area contributed by atoms with Gasteiger partial charge in [0.05, 0.1) is 6.54 Å². The van der Waals surface area contributed by atoms with Crippen LogP contribution in [0.5, 0.6) is 11.5 Å². The summed E-state index contributed by atoms with van der Waals surface area (Å²) in [6.07, 6.45) is 0. The first kappa shape index (κ1) is 22.8. The van der Waals surface area contributed by atoms with Gasteiger partial charge in [0.15, 0.2) is 11.5 Å². The van der Waals surface area contributed by atoms with Crippen molar-refractivity contribution >= 4 is 23.2 Å². The third kappa shape index (κ3) is 5.51. The van der Waals surface area contributed by atoms with E-state index in [-0.39, 0.29) is 37.0 Å². The summed E-state index contributed by atoms with van der Waals surface area (Å²) in [5.74, 6) is 0.354. The van der Waals surface area contributed by atoms with Crippen molar-refractivity contribution in [2.75, 3.05) is 13.3 Å². The van der Waals surface area contributed by atoms with Crippen molar-refractivity contribution in [1.82, 2.24) is 9.80 Å². The van der Waals surface area contributed by atoms with Crippen LogP contribution in [0.15, 0.2) is 60.0 Å². The van der Waals surface area contributed by atoms with Gasteiger partial charge in [-0.25, -0.2) is 4.39 Å². The van der Waals surface area contributed by atoms with E-state index < -0.39 is 0 Å². The fraction of sp³-hybridized carbons (Fsp3) is 0.280. The summed E-state index contributed by atoms with van der Waals surface area (Å²) in [7, 11) is 0. The second-order valence-corrected chi connectivity index (χ2v) is 9.08. The Kier molecular flexibility index (Phi) is 6.93. The number of fused-ring (bicyclic) bond motifs is 1. The van der Waals surface area contributed by atoms with Crippen LogP contribution in [0.3, 0.4) is 0 Å². The van der Waals surface area contributed by atoms with Gasteiger partial charge in [0.1, 0.15) is 12.4 Å². The summed E-state index contributed by atoms with van der Waals surface area (Å²) in [5.41, 5.74) is 1.25. The van der Waals surface area contributed by atoms with E-state index in [9.17, 15) is 14.0 Å². The van der Waals surface area contributed by atoms with Gasteiger partial charge in [-0.3, -0.25) is 9.59 Å². The monoisotopic (exact) mass is 468 g/mol. The van der Waals surface area contributed by atoms with Crippen molar-refractivity contribution in [1.29, 1.82) is 0 Å². The minimum absolute atomic E-state index is 0.0719. The van der Waals surface area contributed by atoms with Gasteiger partial charge in [-0.15, -0.1) is 11.3 Å². The first-order valence-corrected chi connectivity index (χ1v) is 11.5. The number of carbonyl (C=O) groups excluding carboxylic acids is 2. The molecule has 0 saturated carbocycles. The molecule has 8 heteroatoms. The molecule has 0 unspecified atom stereocenters. The Hall–Kier alpha value is -3.39. The van der Waals surface area contributed by atoms with Gasteiger partial charge in [0.2, 0.25) is 12.7 Å². The normalized spacial score (nSPS) is 12.1. The van der Waals surface area contributed by atoms with Crippen molar-refractivity contribution in [3.8, 4) is 11.5 Å². The van der Waals surface area contributed by atoms with E-state index in [2.05, 4.69) is 0 Å². The van der Waals surface area contributed by atoms with E-state index in [4.69, 9.17) is 9.47 Å². The maximum absolute atomic E-state index is 13.4. The molecule has 0 N–H and O–H groups in total. The molecule has 1 aromatic heterocycles. The number of hydrogen-bond acceptors (Lipinski definition) is 5. The third-order valence-electron chi connectivity index (χ3n) is 5.38. The summed E-state index contributed by atoms with van der Waals surface area (Å²) in [6, 6.07) is 14.8. The van der Waals surface area contributed by atoms with Crippen molar-refractivity contribution < 1.29 is 23.5 Å². The maximum Gasteiger partial charge on any atom is 0.254 e. The quantitative estimate of drug-likeness (QED) is 0.481. The molecule has 6 nitrogen and oxygen atoms in total. The van der Waals surface area contributed by atoms with Crippen LogP contribution >= 0.6 is 11.3 Å². The zero-order valence-electron chi connectivity index (χ0n) is 18.5. The van der Waals surface area contributed by atoms with Gasteiger partial charge in [-0.1, -0.05) is 18.2 Å². The lowest BCUT2D eigenvalue weighted by molar-refractivity contribution is -0.133. The Morgan fingerprint density at radius 3 is 2.48 bits per heavy atom. The molecule has 2 amide bonds. The van der Waals surface area contributed by atoms with Gasteiger partial charge in [-0.2, -0.15) is 0 Å². The van der Waals surface area contributed by atoms with E-state index in [1.807, 2.05) is 31.4 Å². The Bertz CT molecular complexity index is 1120. The van der Waals surface area contributed by atoms with Crippen LogP contribution in [0.4, 0.5) is 4.39 Å². The summed E-state index contributed by atoms with van der Waals surface area (Å²) >= 11 is 1.56. The molecule has 33 heavy (non-hydrogen) atoms. The minimum atomic E-state index is -0.324. The molecule has 172 valence electrons. The third-order valence-corrected chi connectivity index (χ3v) is 6.24. The van der Waals surface area contributed by atoms with Crippen LogP contribution in [-0.4, -0.2) is 41.0 Å². The molecular formula is C25H25FN2O4S. The van der Waals surface area contributed by atoms with E-state index >= 15 is 0 Å². The van der Waals surface area contributed by atoms with Crippen LogP contribution < -0.4 is 9.47 Å². The largest absolute Gasteiger partial charge is 0.454 e. The van der Waals surface area contributed by atoms with E-state index in [1.54, 1.807) is 51.5 Å². The molecule has 0 saturated heterocycles. The van der Waals surface area contributed by atoms with Crippen LogP contribution in [0.25, 0.3) is 0 Å². The lowest BCUT2D eigenvalue weighted by Gasteiger charge is -2.30. The van der Waals surface area contributed by atoms with Crippen LogP contribution in [0.2, 0.25) is 0 Å². The highest BCUT2D eigenvalue weighted by Crippen LogP contribution is 2.33. The summed E-state index contributed by atoms with van der Waals surface area (Å²) in [5, 5.41) is 1.96. The fourth-order valence-electron chi connectivity index (χ4n) is 3.56. The number of ether oxygens (including phenoxy) is 2. The molecule has 1 aliphatic heterocycles. The predicted octanol–water partition coefficient (Wildman–Crippen LogP) is 4.70. The number of nitrogens with zero attached hydrogens (tertiary/aromatic N) is 2. The Morgan fingerprint density at radius 2 is 1.79 bits per heavy atom. The number of hydrogen-bond donors (Lipinski definition) is 0. The molecule has 4 rings (SSSR count). The molecule has 2 heterocycles. The molecule has 0 radical (unpaired) electrons. The second kappa shape index (κ2) is 10.0. The molecule has 0 spiro atoms. The first-order valence-electron chi connectivity index (χ1n) is 10.7. The molecular weight excluding hydrogens is 443 g/mol. The molecule has 0 atom stereocenters. The number of thiophene rings is 1. The molecule has 1 aliphatic rings. The van der Waals surface area contributed by atoms with Gasteiger partial charge in [0.25, 0.3) is 5.91 Å². The first-order chi connectivity index (χ1) is 15.9. The number of carbonyl (C=O) groups is 2. The van der Waals surface area contributed by atoms with E-state index in [1.165, 1.54) is 12.1 Å². The average Bonchev–Trinajstić information content (AvgIpc) is 3.49. The molecule has 2 aromatic carbocycles.